The Morgan fingerprint density at radius 2 is 2.18 bits per heavy atom. The molecule has 5 heteroatoms. The maximum atomic E-state index is 10.5. The van der Waals surface area contributed by atoms with Crippen molar-refractivity contribution in [3.8, 4) is 0 Å². The predicted molar refractivity (Wildman–Crippen MR) is 65.9 cm³/mol. The molecule has 0 aromatic carbocycles. The molecule has 3 atom stereocenters. The van der Waals surface area contributed by atoms with Gasteiger partial charge in [-0.3, -0.25) is 0 Å². The van der Waals surface area contributed by atoms with Crippen LogP contribution in [0.5, 0.6) is 0 Å². The summed E-state index contributed by atoms with van der Waals surface area (Å²) in [5, 5.41) is 13.9. The molecule has 2 rings (SSSR count). The number of pyridine rings is 1. The highest BCUT2D eigenvalue weighted by molar-refractivity contribution is 5.44. The van der Waals surface area contributed by atoms with E-state index in [1.165, 1.54) is 18.7 Å². The van der Waals surface area contributed by atoms with Crippen LogP contribution < -0.4 is 5.32 Å². The number of aromatic nitrogens is 1. The van der Waals surface area contributed by atoms with Gasteiger partial charge in [0.1, 0.15) is 0 Å². The largest absolute Gasteiger partial charge is 0.379 e. The van der Waals surface area contributed by atoms with Crippen molar-refractivity contribution in [2.45, 2.75) is 32.7 Å². The van der Waals surface area contributed by atoms with Crippen molar-refractivity contribution < 1.29 is 4.92 Å². The highest BCUT2D eigenvalue weighted by Crippen LogP contribution is 2.33. The van der Waals surface area contributed by atoms with Gasteiger partial charge in [0.05, 0.1) is 5.69 Å². The molecule has 1 heterocycles. The summed E-state index contributed by atoms with van der Waals surface area (Å²) < 4.78 is 0. The summed E-state index contributed by atoms with van der Waals surface area (Å²) in [6, 6.07) is 3.61. The Balaban J connectivity index is 2.02. The average Bonchev–Trinajstić information content (AvgIpc) is 2.62. The summed E-state index contributed by atoms with van der Waals surface area (Å²) in [5.41, 5.74) is 0.863. The zero-order valence-corrected chi connectivity index (χ0v) is 10.1. The third-order valence-electron chi connectivity index (χ3n) is 3.75. The van der Waals surface area contributed by atoms with Gasteiger partial charge in [-0.05, 0) is 40.7 Å². The van der Waals surface area contributed by atoms with Crippen molar-refractivity contribution >= 4 is 11.5 Å². The monoisotopic (exact) mass is 235 g/mol. The molecule has 1 fully saturated rings. The number of anilines is 1. The van der Waals surface area contributed by atoms with Crippen LogP contribution in [0.4, 0.5) is 11.5 Å². The van der Waals surface area contributed by atoms with Crippen molar-refractivity contribution in [2.75, 3.05) is 5.32 Å². The van der Waals surface area contributed by atoms with Gasteiger partial charge < -0.3 is 15.4 Å². The van der Waals surface area contributed by atoms with E-state index in [9.17, 15) is 10.1 Å². The molecule has 0 saturated heterocycles. The van der Waals surface area contributed by atoms with Gasteiger partial charge in [0.15, 0.2) is 6.20 Å². The zero-order chi connectivity index (χ0) is 12.4. The molecule has 92 valence electrons. The first kappa shape index (κ1) is 11.8. The smallest absolute Gasteiger partial charge is 0.363 e. The fourth-order valence-electron chi connectivity index (χ4n) is 2.36. The second-order valence-electron chi connectivity index (χ2n) is 4.83. The number of hydrogen-bond donors (Lipinski definition) is 1. The van der Waals surface area contributed by atoms with E-state index in [0.29, 0.717) is 12.0 Å². The molecular weight excluding hydrogens is 218 g/mol. The van der Waals surface area contributed by atoms with Gasteiger partial charge in [-0.2, -0.15) is 0 Å². The van der Waals surface area contributed by atoms with Crippen LogP contribution in [0.15, 0.2) is 18.3 Å². The molecular formula is C12H17N3O2. The Morgan fingerprint density at radius 3 is 2.65 bits per heavy atom. The lowest BCUT2D eigenvalue weighted by Gasteiger charge is -2.19. The van der Waals surface area contributed by atoms with Gasteiger partial charge >= 0.3 is 5.82 Å². The Bertz CT molecular complexity index is 405. The van der Waals surface area contributed by atoms with E-state index in [1.807, 2.05) is 0 Å². The van der Waals surface area contributed by atoms with Crippen LogP contribution in [0, 0.1) is 22.0 Å². The summed E-state index contributed by atoms with van der Waals surface area (Å²) in [4.78, 5) is 13.8. The number of hydrogen-bond acceptors (Lipinski definition) is 4. The minimum absolute atomic E-state index is 0.108. The third-order valence-corrected chi connectivity index (χ3v) is 3.75. The number of nitrogens with one attached hydrogen (secondary N) is 1. The lowest BCUT2D eigenvalue weighted by atomic mass is 9.98. The van der Waals surface area contributed by atoms with E-state index >= 15 is 0 Å². The van der Waals surface area contributed by atoms with Gasteiger partial charge in [0.25, 0.3) is 0 Å². The van der Waals surface area contributed by atoms with Crippen LogP contribution in [0.2, 0.25) is 0 Å². The van der Waals surface area contributed by atoms with Gasteiger partial charge in [0, 0.05) is 12.1 Å². The molecule has 0 radical (unpaired) electrons. The van der Waals surface area contributed by atoms with Crippen molar-refractivity contribution in [2.24, 2.45) is 11.8 Å². The highest BCUT2D eigenvalue weighted by Gasteiger charge is 2.29. The van der Waals surface area contributed by atoms with E-state index in [4.69, 9.17) is 0 Å². The maximum absolute atomic E-state index is 10.5. The van der Waals surface area contributed by atoms with E-state index < -0.39 is 4.92 Å². The Labute approximate surface area is 100 Å². The molecule has 0 amide bonds. The van der Waals surface area contributed by atoms with Crippen molar-refractivity contribution in [1.82, 2.24) is 4.98 Å². The lowest BCUT2D eigenvalue weighted by molar-refractivity contribution is -0.389. The Hall–Kier alpha value is -1.65. The van der Waals surface area contributed by atoms with Crippen molar-refractivity contribution in [3.05, 3.63) is 28.4 Å². The average molecular weight is 235 g/mol. The van der Waals surface area contributed by atoms with Crippen LogP contribution in [-0.2, 0) is 0 Å². The molecule has 1 aromatic heterocycles. The van der Waals surface area contributed by atoms with Gasteiger partial charge in [-0.1, -0.05) is 13.8 Å². The molecule has 1 aliphatic rings. The van der Waals surface area contributed by atoms with E-state index in [1.54, 1.807) is 6.07 Å². The first-order chi connectivity index (χ1) is 8.08. The quantitative estimate of drug-likeness (QED) is 0.646. The van der Waals surface area contributed by atoms with Gasteiger partial charge in [0.2, 0.25) is 0 Å². The molecule has 1 N–H and O–H groups in total. The summed E-state index contributed by atoms with van der Waals surface area (Å²) in [7, 11) is 0. The number of nitro groups is 1. The van der Waals surface area contributed by atoms with Crippen LogP contribution in [-0.4, -0.2) is 15.9 Å². The minimum atomic E-state index is -0.482. The second kappa shape index (κ2) is 4.69. The van der Waals surface area contributed by atoms with Gasteiger partial charge in [-0.25, -0.2) is 0 Å². The maximum Gasteiger partial charge on any atom is 0.363 e. The molecule has 1 saturated carbocycles. The Morgan fingerprint density at radius 1 is 1.41 bits per heavy atom. The topological polar surface area (TPSA) is 68.1 Å². The molecule has 0 aliphatic heterocycles. The van der Waals surface area contributed by atoms with Crippen LogP contribution >= 0.6 is 0 Å². The SMILES string of the molecule is CC1CCC(Nc2ccc([N+](=O)[O-])nc2)C1C. The van der Waals surface area contributed by atoms with E-state index in [-0.39, 0.29) is 5.82 Å². The molecule has 1 aromatic rings. The fraction of sp³-hybridized carbons (Fsp3) is 0.583. The minimum Gasteiger partial charge on any atom is -0.379 e. The molecule has 3 unspecified atom stereocenters. The molecule has 5 nitrogen and oxygen atoms in total. The summed E-state index contributed by atoms with van der Waals surface area (Å²) in [5.74, 6) is 1.26. The zero-order valence-electron chi connectivity index (χ0n) is 10.1. The summed E-state index contributed by atoms with van der Waals surface area (Å²) in [6.45, 7) is 4.51. The van der Waals surface area contributed by atoms with Crippen molar-refractivity contribution in [1.29, 1.82) is 0 Å². The van der Waals surface area contributed by atoms with E-state index in [0.717, 1.165) is 18.0 Å². The second-order valence-corrected chi connectivity index (χ2v) is 4.83. The normalized spacial score (nSPS) is 28.0. The van der Waals surface area contributed by atoms with Crippen LogP contribution in [0.25, 0.3) is 0 Å². The third kappa shape index (κ3) is 2.54. The molecule has 0 bridgehead atoms. The van der Waals surface area contributed by atoms with Crippen LogP contribution in [0.1, 0.15) is 26.7 Å². The first-order valence-electron chi connectivity index (χ1n) is 5.95. The Kier molecular flexibility index (Phi) is 3.26. The number of nitrogens with zero attached hydrogens (tertiary/aromatic N) is 2. The first-order valence-corrected chi connectivity index (χ1v) is 5.95. The molecule has 17 heavy (non-hydrogen) atoms. The number of rotatable bonds is 3. The molecule has 0 spiro atoms. The highest BCUT2D eigenvalue weighted by atomic mass is 16.6. The predicted octanol–water partition coefficient (Wildman–Crippen LogP) is 2.84. The lowest BCUT2D eigenvalue weighted by Crippen LogP contribution is -2.24. The van der Waals surface area contributed by atoms with E-state index in [2.05, 4.69) is 24.1 Å². The van der Waals surface area contributed by atoms with Crippen molar-refractivity contribution in [3.63, 3.8) is 0 Å². The summed E-state index contributed by atoms with van der Waals surface area (Å²) >= 11 is 0. The fourth-order valence-corrected chi connectivity index (χ4v) is 2.36. The molecule has 1 aliphatic carbocycles. The van der Waals surface area contributed by atoms with Crippen LogP contribution in [0.3, 0.4) is 0 Å². The van der Waals surface area contributed by atoms with Gasteiger partial charge in [-0.15, -0.1) is 0 Å². The standard InChI is InChI=1S/C12H17N3O2/c1-8-3-5-11(9(8)2)14-10-4-6-12(13-7-10)15(16)17/h4,6-9,11,14H,3,5H2,1-2H3. The summed E-state index contributed by atoms with van der Waals surface area (Å²) in [6.07, 6.45) is 3.92.